The van der Waals surface area contributed by atoms with Gasteiger partial charge in [0.2, 0.25) is 11.8 Å². The predicted molar refractivity (Wildman–Crippen MR) is 83.9 cm³/mol. The summed E-state index contributed by atoms with van der Waals surface area (Å²) in [5.74, 6) is -1.20. The van der Waals surface area contributed by atoms with Crippen molar-refractivity contribution in [2.75, 3.05) is 18.8 Å². The molecule has 2 amide bonds. The third-order valence-electron chi connectivity index (χ3n) is 3.03. The van der Waals surface area contributed by atoms with Gasteiger partial charge in [0.05, 0.1) is 17.9 Å². The second-order valence-corrected chi connectivity index (χ2v) is 5.51. The molecule has 2 rings (SSSR count). The molecule has 0 radical (unpaired) electrons. The number of benzene rings is 1. The van der Waals surface area contributed by atoms with Crippen LogP contribution in [0.2, 0.25) is 0 Å². The van der Waals surface area contributed by atoms with E-state index in [0.29, 0.717) is 11.4 Å². The molecule has 0 bridgehead atoms. The van der Waals surface area contributed by atoms with Crippen LogP contribution in [0.25, 0.3) is 5.70 Å². The van der Waals surface area contributed by atoms with E-state index in [4.69, 9.17) is 5.11 Å². The first-order valence-electron chi connectivity index (χ1n) is 6.74. The van der Waals surface area contributed by atoms with Crippen molar-refractivity contribution in [3.05, 3.63) is 41.3 Å². The summed E-state index contributed by atoms with van der Waals surface area (Å²) in [6, 6.07) is 9.36. The van der Waals surface area contributed by atoms with Crippen molar-refractivity contribution < 1.29 is 19.5 Å². The van der Waals surface area contributed by atoms with Gasteiger partial charge in [0.15, 0.2) is 0 Å². The Bertz CT molecular complexity index is 601. The number of thioether (sulfide) groups is 1. The van der Waals surface area contributed by atoms with Crippen LogP contribution in [0, 0.1) is 0 Å². The number of hydrogen-bond donors (Lipinski definition) is 2. The number of carbonyl (C=O) groups is 3. The third-order valence-corrected chi connectivity index (χ3v) is 3.83. The first-order valence-corrected chi connectivity index (χ1v) is 7.79. The lowest BCUT2D eigenvalue weighted by molar-refractivity contribution is -0.137. The lowest BCUT2D eigenvalue weighted by Gasteiger charge is -2.28. The molecule has 116 valence electrons. The summed E-state index contributed by atoms with van der Waals surface area (Å²) in [7, 11) is 0. The van der Waals surface area contributed by atoms with Crippen LogP contribution < -0.4 is 5.32 Å². The van der Waals surface area contributed by atoms with Gasteiger partial charge in [0.1, 0.15) is 6.54 Å². The standard InChI is InChI=1S/C15H16N2O4S/c18-13(16-7-6-15(20)21)8-17-12(9-22-10-14(17)19)11-4-2-1-3-5-11/h1-5,9H,6-8,10H2,(H,16,18)(H,20,21). The zero-order valence-electron chi connectivity index (χ0n) is 11.8. The highest BCUT2D eigenvalue weighted by molar-refractivity contribution is 8.03. The van der Waals surface area contributed by atoms with Crippen molar-refractivity contribution in [3.8, 4) is 0 Å². The van der Waals surface area contributed by atoms with Crippen molar-refractivity contribution in [2.45, 2.75) is 6.42 Å². The van der Waals surface area contributed by atoms with E-state index < -0.39 is 5.97 Å². The van der Waals surface area contributed by atoms with E-state index in [1.807, 2.05) is 35.7 Å². The van der Waals surface area contributed by atoms with Crippen molar-refractivity contribution in [2.24, 2.45) is 0 Å². The van der Waals surface area contributed by atoms with Gasteiger partial charge in [-0.1, -0.05) is 30.3 Å². The van der Waals surface area contributed by atoms with Crippen molar-refractivity contribution in [1.29, 1.82) is 0 Å². The molecule has 0 saturated carbocycles. The molecule has 0 spiro atoms. The molecular weight excluding hydrogens is 304 g/mol. The number of hydrogen-bond acceptors (Lipinski definition) is 4. The molecule has 1 aromatic rings. The Kier molecular flexibility index (Phi) is 5.60. The van der Waals surface area contributed by atoms with Crippen molar-refractivity contribution in [1.82, 2.24) is 10.2 Å². The molecule has 7 heteroatoms. The van der Waals surface area contributed by atoms with Crippen molar-refractivity contribution in [3.63, 3.8) is 0 Å². The highest BCUT2D eigenvalue weighted by atomic mass is 32.2. The smallest absolute Gasteiger partial charge is 0.305 e. The van der Waals surface area contributed by atoms with Crippen LogP contribution in [-0.4, -0.2) is 46.6 Å². The molecule has 0 fully saturated rings. The third kappa shape index (κ3) is 4.36. The Morgan fingerprint density at radius 3 is 2.68 bits per heavy atom. The van der Waals surface area contributed by atoms with E-state index in [9.17, 15) is 14.4 Å². The Balaban J connectivity index is 2.04. The monoisotopic (exact) mass is 320 g/mol. The Morgan fingerprint density at radius 2 is 2.00 bits per heavy atom. The average molecular weight is 320 g/mol. The molecule has 2 N–H and O–H groups in total. The van der Waals surface area contributed by atoms with Gasteiger partial charge in [-0.15, -0.1) is 11.8 Å². The molecule has 1 aromatic carbocycles. The lowest BCUT2D eigenvalue weighted by atomic mass is 10.1. The van der Waals surface area contributed by atoms with Gasteiger partial charge < -0.3 is 15.3 Å². The van der Waals surface area contributed by atoms with E-state index in [-0.39, 0.29) is 31.3 Å². The van der Waals surface area contributed by atoms with Gasteiger partial charge >= 0.3 is 5.97 Å². The summed E-state index contributed by atoms with van der Waals surface area (Å²) < 4.78 is 0. The van der Waals surface area contributed by atoms with Gasteiger partial charge in [-0.05, 0) is 11.0 Å². The molecule has 1 aliphatic rings. The van der Waals surface area contributed by atoms with Crippen LogP contribution in [0.1, 0.15) is 12.0 Å². The van der Waals surface area contributed by atoms with Crippen LogP contribution in [0.4, 0.5) is 0 Å². The molecular formula is C15H16N2O4S. The van der Waals surface area contributed by atoms with Gasteiger partial charge in [-0.25, -0.2) is 0 Å². The van der Waals surface area contributed by atoms with Crippen LogP contribution in [0.5, 0.6) is 0 Å². The zero-order valence-corrected chi connectivity index (χ0v) is 12.6. The maximum atomic E-state index is 12.1. The summed E-state index contributed by atoms with van der Waals surface area (Å²) >= 11 is 1.40. The molecule has 0 unspecified atom stereocenters. The number of carbonyl (C=O) groups excluding carboxylic acids is 2. The number of carboxylic acids is 1. The fourth-order valence-corrected chi connectivity index (χ4v) is 2.79. The molecule has 0 aromatic heterocycles. The summed E-state index contributed by atoms with van der Waals surface area (Å²) in [6.45, 7) is -0.0604. The van der Waals surface area contributed by atoms with E-state index in [2.05, 4.69) is 5.32 Å². The summed E-state index contributed by atoms with van der Waals surface area (Å²) in [5, 5.41) is 12.9. The number of nitrogens with one attached hydrogen (secondary N) is 1. The number of amides is 2. The Morgan fingerprint density at radius 1 is 1.27 bits per heavy atom. The first-order chi connectivity index (χ1) is 10.6. The van der Waals surface area contributed by atoms with Crippen LogP contribution in [0.15, 0.2) is 35.7 Å². The largest absolute Gasteiger partial charge is 0.481 e. The van der Waals surface area contributed by atoms with Crippen LogP contribution >= 0.6 is 11.8 Å². The predicted octanol–water partition coefficient (Wildman–Crippen LogP) is 1.15. The molecule has 1 heterocycles. The maximum Gasteiger partial charge on any atom is 0.305 e. The highest BCUT2D eigenvalue weighted by Crippen LogP contribution is 2.27. The lowest BCUT2D eigenvalue weighted by Crippen LogP contribution is -2.42. The minimum absolute atomic E-state index is 0.0509. The van der Waals surface area contributed by atoms with E-state index in [1.165, 1.54) is 16.7 Å². The topological polar surface area (TPSA) is 86.7 Å². The van der Waals surface area contributed by atoms with Crippen molar-refractivity contribution >= 4 is 35.2 Å². The SMILES string of the molecule is O=C(O)CCNC(=O)CN1C(=O)CSC=C1c1ccccc1. The van der Waals surface area contributed by atoms with Gasteiger partial charge in [-0.3, -0.25) is 14.4 Å². The minimum Gasteiger partial charge on any atom is -0.481 e. The quantitative estimate of drug-likeness (QED) is 0.821. The Hall–Kier alpha value is -2.28. The van der Waals surface area contributed by atoms with E-state index in [1.54, 1.807) is 0 Å². The molecule has 22 heavy (non-hydrogen) atoms. The molecule has 1 aliphatic heterocycles. The first kappa shape index (κ1) is 16.1. The minimum atomic E-state index is -0.976. The number of nitrogens with zero attached hydrogens (tertiary/aromatic N) is 1. The fraction of sp³-hybridized carbons (Fsp3) is 0.267. The number of aliphatic carboxylic acids is 1. The highest BCUT2D eigenvalue weighted by Gasteiger charge is 2.25. The van der Waals surface area contributed by atoms with Crippen LogP contribution in [0.3, 0.4) is 0 Å². The zero-order chi connectivity index (χ0) is 15.9. The van der Waals surface area contributed by atoms with Gasteiger partial charge in [-0.2, -0.15) is 0 Å². The normalized spacial score (nSPS) is 14.5. The van der Waals surface area contributed by atoms with Gasteiger partial charge in [0.25, 0.3) is 0 Å². The second-order valence-electron chi connectivity index (χ2n) is 4.65. The average Bonchev–Trinajstić information content (AvgIpc) is 2.50. The van der Waals surface area contributed by atoms with Crippen LogP contribution in [-0.2, 0) is 14.4 Å². The second kappa shape index (κ2) is 7.65. The number of carboxylic acid groups (broad SMARTS) is 1. The molecule has 0 atom stereocenters. The maximum absolute atomic E-state index is 12.1. The Labute approximate surface area is 132 Å². The van der Waals surface area contributed by atoms with E-state index in [0.717, 1.165) is 5.56 Å². The molecule has 6 nitrogen and oxygen atoms in total. The number of rotatable bonds is 6. The summed E-state index contributed by atoms with van der Waals surface area (Å²) in [6.07, 6.45) is -0.142. The van der Waals surface area contributed by atoms with E-state index >= 15 is 0 Å². The summed E-state index contributed by atoms with van der Waals surface area (Å²) in [5.41, 5.74) is 1.55. The molecule has 0 aliphatic carbocycles. The molecule has 0 saturated heterocycles. The van der Waals surface area contributed by atoms with Gasteiger partial charge in [0, 0.05) is 6.54 Å². The summed E-state index contributed by atoms with van der Waals surface area (Å²) in [4.78, 5) is 35.8. The fourth-order valence-electron chi connectivity index (χ4n) is 1.98.